The topological polar surface area (TPSA) is 21.3 Å². The van der Waals surface area contributed by atoms with E-state index in [1.165, 1.54) is 32.6 Å². The maximum atomic E-state index is 6.09. The Labute approximate surface area is 283 Å². The van der Waals surface area contributed by atoms with Crippen molar-refractivity contribution in [3.8, 4) is 16.8 Å². The number of nitrogens with zero attached hydrogens (tertiary/aromatic N) is 2. The third-order valence-electron chi connectivity index (χ3n) is 9.79. The third-order valence-corrected chi connectivity index (χ3v) is 9.79. The molecule has 49 heavy (non-hydrogen) atoms. The van der Waals surface area contributed by atoms with E-state index in [0.717, 1.165) is 55.8 Å². The Morgan fingerprint density at radius 1 is 0.388 bits per heavy atom. The highest BCUT2D eigenvalue weighted by atomic mass is 16.3. The Morgan fingerprint density at radius 2 is 0.939 bits per heavy atom. The molecule has 230 valence electrons. The van der Waals surface area contributed by atoms with Gasteiger partial charge in [0.25, 0.3) is 0 Å². The molecule has 0 saturated carbocycles. The van der Waals surface area contributed by atoms with Gasteiger partial charge in [-0.1, -0.05) is 109 Å². The number of furan rings is 1. The summed E-state index contributed by atoms with van der Waals surface area (Å²) in [5.74, 6) is 0. The number of benzene rings is 8. The second-order valence-corrected chi connectivity index (χ2v) is 12.6. The lowest BCUT2D eigenvalue weighted by Gasteiger charge is -2.27. The monoisotopic (exact) mass is 626 g/mol. The summed E-state index contributed by atoms with van der Waals surface area (Å²) in [7, 11) is 0. The predicted molar refractivity (Wildman–Crippen MR) is 206 cm³/mol. The van der Waals surface area contributed by atoms with Crippen molar-refractivity contribution in [2.45, 2.75) is 0 Å². The van der Waals surface area contributed by atoms with Gasteiger partial charge in [-0.3, -0.25) is 0 Å². The normalized spacial score (nSPS) is 11.7. The lowest BCUT2D eigenvalue weighted by atomic mass is 10.0. The van der Waals surface area contributed by atoms with Gasteiger partial charge in [0.05, 0.1) is 16.7 Å². The first kappa shape index (κ1) is 27.5. The Kier molecular flexibility index (Phi) is 6.18. The molecule has 10 rings (SSSR count). The Hall–Kier alpha value is -6.58. The summed E-state index contributed by atoms with van der Waals surface area (Å²) in [5.41, 5.74) is 11.0. The maximum Gasteiger partial charge on any atom is 0.135 e. The van der Waals surface area contributed by atoms with Crippen LogP contribution in [0.5, 0.6) is 0 Å². The molecule has 0 fully saturated rings. The molecule has 2 heterocycles. The first-order chi connectivity index (χ1) is 24.3. The smallest absolute Gasteiger partial charge is 0.135 e. The lowest BCUT2D eigenvalue weighted by Crippen LogP contribution is -2.10. The van der Waals surface area contributed by atoms with Crippen molar-refractivity contribution in [2.24, 2.45) is 0 Å². The first-order valence-corrected chi connectivity index (χ1v) is 16.7. The molecule has 0 aliphatic carbocycles. The largest absolute Gasteiger partial charge is 0.456 e. The van der Waals surface area contributed by atoms with Crippen LogP contribution in [0.4, 0.5) is 17.1 Å². The number of para-hydroxylation sites is 3. The maximum absolute atomic E-state index is 6.09. The van der Waals surface area contributed by atoms with Gasteiger partial charge in [0.15, 0.2) is 0 Å². The predicted octanol–water partition coefficient (Wildman–Crippen LogP) is 13.0. The van der Waals surface area contributed by atoms with Gasteiger partial charge in [0, 0.05) is 44.0 Å². The van der Waals surface area contributed by atoms with Crippen LogP contribution in [0.1, 0.15) is 0 Å². The number of anilines is 3. The number of hydrogen-bond donors (Lipinski definition) is 0. The third kappa shape index (κ3) is 4.44. The van der Waals surface area contributed by atoms with E-state index in [-0.39, 0.29) is 0 Å². The van der Waals surface area contributed by atoms with Crippen molar-refractivity contribution >= 4 is 71.6 Å². The Morgan fingerprint density at radius 3 is 1.67 bits per heavy atom. The number of fused-ring (bicyclic) bond motifs is 7. The molecule has 10 aromatic rings. The van der Waals surface area contributed by atoms with Crippen molar-refractivity contribution in [3.05, 3.63) is 182 Å². The van der Waals surface area contributed by atoms with E-state index >= 15 is 0 Å². The van der Waals surface area contributed by atoms with E-state index in [2.05, 4.69) is 179 Å². The molecule has 2 aromatic heterocycles. The van der Waals surface area contributed by atoms with Crippen LogP contribution in [0.2, 0.25) is 0 Å². The van der Waals surface area contributed by atoms with Gasteiger partial charge < -0.3 is 13.9 Å². The van der Waals surface area contributed by atoms with Crippen LogP contribution in [-0.2, 0) is 0 Å². The fraction of sp³-hybridized carbons (Fsp3) is 0. The zero-order valence-corrected chi connectivity index (χ0v) is 26.6. The van der Waals surface area contributed by atoms with E-state index in [9.17, 15) is 0 Å². The molecule has 0 saturated heterocycles. The summed E-state index contributed by atoms with van der Waals surface area (Å²) in [6.45, 7) is 0. The van der Waals surface area contributed by atoms with Gasteiger partial charge in [-0.25, -0.2) is 0 Å². The molecule has 8 aromatic carbocycles. The van der Waals surface area contributed by atoms with Crippen molar-refractivity contribution in [1.82, 2.24) is 4.57 Å². The van der Waals surface area contributed by atoms with Crippen LogP contribution < -0.4 is 4.90 Å². The molecule has 0 radical (unpaired) electrons. The molecule has 0 aliphatic rings. The average Bonchev–Trinajstić information content (AvgIpc) is 3.71. The standard InChI is InChI=1S/C46H30N2O/c1-2-12-37-32(10-1)11-9-18-42(37)47(34-23-20-31(21-24-34)33-22-29-46-41(30-33)40-15-5-8-19-45(40)49-46)35-25-27-36(28-26-35)48-43-16-6-3-13-38(43)39-14-4-7-17-44(39)48/h1-30H. The summed E-state index contributed by atoms with van der Waals surface area (Å²) in [4.78, 5) is 2.37. The summed E-state index contributed by atoms with van der Waals surface area (Å²) in [6, 6.07) is 65.1. The van der Waals surface area contributed by atoms with Crippen LogP contribution in [0.15, 0.2) is 186 Å². The van der Waals surface area contributed by atoms with Crippen LogP contribution in [0, 0.1) is 0 Å². The molecule has 0 unspecified atom stereocenters. The Bertz CT molecular complexity index is 2760. The summed E-state index contributed by atoms with van der Waals surface area (Å²) < 4.78 is 8.46. The number of rotatable bonds is 5. The van der Waals surface area contributed by atoms with Crippen molar-refractivity contribution in [1.29, 1.82) is 0 Å². The minimum absolute atomic E-state index is 0.910. The van der Waals surface area contributed by atoms with E-state index in [1.54, 1.807) is 0 Å². The second kappa shape index (κ2) is 11.0. The van der Waals surface area contributed by atoms with Crippen LogP contribution in [-0.4, -0.2) is 4.57 Å². The van der Waals surface area contributed by atoms with Crippen LogP contribution >= 0.6 is 0 Å². The van der Waals surface area contributed by atoms with Gasteiger partial charge >= 0.3 is 0 Å². The fourth-order valence-electron chi connectivity index (χ4n) is 7.49. The van der Waals surface area contributed by atoms with Crippen molar-refractivity contribution in [2.75, 3.05) is 4.90 Å². The highest BCUT2D eigenvalue weighted by Gasteiger charge is 2.17. The van der Waals surface area contributed by atoms with E-state index < -0.39 is 0 Å². The van der Waals surface area contributed by atoms with Crippen molar-refractivity contribution in [3.63, 3.8) is 0 Å². The van der Waals surface area contributed by atoms with Crippen LogP contribution in [0.25, 0.3) is 71.3 Å². The quantitative estimate of drug-likeness (QED) is 0.190. The van der Waals surface area contributed by atoms with E-state index in [4.69, 9.17) is 4.42 Å². The van der Waals surface area contributed by atoms with Gasteiger partial charge in [-0.15, -0.1) is 0 Å². The molecular formula is C46H30N2O. The highest BCUT2D eigenvalue weighted by molar-refractivity contribution is 6.09. The summed E-state index contributed by atoms with van der Waals surface area (Å²) >= 11 is 0. The van der Waals surface area contributed by atoms with Crippen LogP contribution in [0.3, 0.4) is 0 Å². The molecule has 0 atom stereocenters. The highest BCUT2D eigenvalue weighted by Crippen LogP contribution is 2.41. The molecule has 3 nitrogen and oxygen atoms in total. The zero-order valence-electron chi connectivity index (χ0n) is 26.6. The molecular weight excluding hydrogens is 597 g/mol. The lowest BCUT2D eigenvalue weighted by molar-refractivity contribution is 0.669. The van der Waals surface area contributed by atoms with E-state index in [1.807, 2.05) is 12.1 Å². The van der Waals surface area contributed by atoms with Crippen molar-refractivity contribution < 1.29 is 4.42 Å². The number of aromatic nitrogens is 1. The van der Waals surface area contributed by atoms with Gasteiger partial charge in [-0.05, 0) is 89.3 Å². The van der Waals surface area contributed by atoms with Gasteiger partial charge in [0.2, 0.25) is 0 Å². The zero-order chi connectivity index (χ0) is 32.3. The van der Waals surface area contributed by atoms with E-state index in [0.29, 0.717) is 0 Å². The summed E-state index contributed by atoms with van der Waals surface area (Å²) in [5, 5.41) is 7.22. The minimum atomic E-state index is 0.910. The Balaban J connectivity index is 1.09. The molecule has 0 amide bonds. The second-order valence-electron chi connectivity index (χ2n) is 12.6. The fourth-order valence-corrected chi connectivity index (χ4v) is 7.49. The summed E-state index contributed by atoms with van der Waals surface area (Å²) in [6.07, 6.45) is 0. The molecule has 0 N–H and O–H groups in total. The average molecular weight is 627 g/mol. The molecule has 0 bridgehead atoms. The number of hydrogen-bond acceptors (Lipinski definition) is 2. The SMILES string of the molecule is c1ccc2c(N(c3ccc(-c4ccc5oc6ccccc6c5c4)cc3)c3ccc(-n4c5ccccc5c5ccccc54)cc3)cccc2c1. The van der Waals surface area contributed by atoms with Gasteiger partial charge in [0.1, 0.15) is 11.2 Å². The van der Waals surface area contributed by atoms with Gasteiger partial charge in [-0.2, -0.15) is 0 Å². The first-order valence-electron chi connectivity index (χ1n) is 16.7. The minimum Gasteiger partial charge on any atom is -0.456 e. The molecule has 3 heteroatoms. The molecule has 0 aliphatic heterocycles. The molecule has 0 spiro atoms.